The molecule has 0 radical (unpaired) electrons. The Bertz CT molecular complexity index is 1070. The minimum Gasteiger partial charge on any atom is -0.396 e. The first kappa shape index (κ1) is 17.4. The average molecular weight is 376 g/mol. The molecule has 3 saturated heterocycles. The summed E-state index contributed by atoms with van der Waals surface area (Å²) < 4.78 is 6.23. The maximum absolute atomic E-state index is 13.5. The molecule has 2 aromatic rings. The number of hydrogen-bond donors (Lipinski definition) is 1. The molecule has 2 amide bonds. The number of ether oxygens (including phenoxy) is 1. The molecule has 3 fully saturated rings. The first-order valence-electron chi connectivity index (χ1n) is 9.56. The third-order valence-corrected chi connectivity index (χ3v) is 6.81. The van der Waals surface area contributed by atoms with Crippen molar-refractivity contribution in [3.05, 3.63) is 42.0 Å². The molecule has 0 spiro atoms. The molecule has 3 heterocycles. The summed E-state index contributed by atoms with van der Waals surface area (Å²) in [5.74, 6) is -1.61. The van der Waals surface area contributed by atoms with Gasteiger partial charge >= 0.3 is 0 Å². The molecular weight excluding hydrogens is 356 g/mol. The van der Waals surface area contributed by atoms with Gasteiger partial charge in [-0.2, -0.15) is 5.26 Å². The highest BCUT2D eigenvalue weighted by Gasteiger charge is 2.73. The Hall–Kier alpha value is -2.75. The van der Waals surface area contributed by atoms with Crippen molar-refractivity contribution in [2.75, 3.05) is 11.5 Å². The Morgan fingerprint density at radius 3 is 2.57 bits per heavy atom. The number of carbonyl (C=O) groups excluding carboxylic acids is 2. The lowest BCUT2D eigenvalue weighted by atomic mass is 9.67. The van der Waals surface area contributed by atoms with Crippen LogP contribution in [0.2, 0.25) is 0 Å². The van der Waals surface area contributed by atoms with E-state index in [1.165, 1.54) is 4.90 Å². The first-order valence-corrected chi connectivity index (χ1v) is 9.56. The number of anilines is 1. The summed E-state index contributed by atoms with van der Waals surface area (Å²) in [6, 6.07) is 12.8. The van der Waals surface area contributed by atoms with E-state index < -0.39 is 23.0 Å². The predicted octanol–water partition coefficient (Wildman–Crippen LogP) is 2.52. The normalized spacial score (nSPS) is 33.5. The number of hydrogen-bond acceptors (Lipinski definition) is 5. The van der Waals surface area contributed by atoms with Gasteiger partial charge in [-0.3, -0.25) is 9.59 Å². The number of carbonyl (C=O) groups is 2. The van der Waals surface area contributed by atoms with E-state index in [1.54, 1.807) is 12.1 Å². The Morgan fingerprint density at radius 1 is 1.14 bits per heavy atom. The standard InChI is InChI=1S/C22H20N2O4/c1-21-8-9-22(28-21,10-11-25)18-17(21)19(26)24(20(18)27)16-7-6-13(12-23)14-4-2-3-5-15(14)16/h2-7,17-18,25H,8-11H2,1H3. The lowest BCUT2D eigenvalue weighted by Gasteiger charge is -2.30. The van der Waals surface area contributed by atoms with Gasteiger partial charge in [-0.05, 0) is 31.9 Å². The van der Waals surface area contributed by atoms with Crippen molar-refractivity contribution in [3.8, 4) is 6.07 Å². The monoisotopic (exact) mass is 376 g/mol. The summed E-state index contributed by atoms with van der Waals surface area (Å²) >= 11 is 0. The van der Waals surface area contributed by atoms with Crippen LogP contribution in [0.4, 0.5) is 5.69 Å². The van der Waals surface area contributed by atoms with Gasteiger partial charge in [-0.1, -0.05) is 24.3 Å². The van der Waals surface area contributed by atoms with E-state index in [0.29, 0.717) is 35.9 Å². The van der Waals surface area contributed by atoms with E-state index in [0.717, 1.165) is 5.39 Å². The summed E-state index contributed by atoms with van der Waals surface area (Å²) in [6.07, 6.45) is 1.73. The SMILES string of the molecule is CC12CCC(CCO)(O1)C1C(=O)N(c3ccc(C#N)c4ccccc34)C(=O)C12. The second-order valence-corrected chi connectivity index (χ2v) is 8.21. The van der Waals surface area contributed by atoms with Crippen LogP contribution in [0, 0.1) is 23.2 Å². The molecule has 4 unspecified atom stereocenters. The molecule has 4 atom stereocenters. The number of aliphatic hydroxyl groups is 1. The van der Waals surface area contributed by atoms with Gasteiger partial charge < -0.3 is 9.84 Å². The fraction of sp³-hybridized carbons (Fsp3) is 0.409. The first-order chi connectivity index (χ1) is 13.5. The van der Waals surface area contributed by atoms with E-state index in [2.05, 4.69) is 6.07 Å². The highest BCUT2D eigenvalue weighted by atomic mass is 16.5. The quantitative estimate of drug-likeness (QED) is 0.832. The van der Waals surface area contributed by atoms with Crippen molar-refractivity contribution in [2.45, 2.75) is 37.4 Å². The molecule has 2 aromatic carbocycles. The Morgan fingerprint density at radius 2 is 1.86 bits per heavy atom. The maximum atomic E-state index is 13.5. The van der Waals surface area contributed by atoms with E-state index in [-0.39, 0.29) is 18.4 Å². The fourth-order valence-corrected chi connectivity index (χ4v) is 5.61. The van der Waals surface area contributed by atoms with Gasteiger partial charge in [0.2, 0.25) is 11.8 Å². The fourth-order valence-electron chi connectivity index (χ4n) is 5.61. The summed E-state index contributed by atoms with van der Waals surface area (Å²) in [7, 11) is 0. The zero-order valence-corrected chi connectivity index (χ0v) is 15.5. The Labute approximate surface area is 162 Å². The van der Waals surface area contributed by atoms with Gasteiger partial charge in [0.05, 0.1) is 40.4 Å². The second kappa shape index (κ2) is 5.63. The molecule has 0 saturated carbocycles. The Kier molecular flexibility index (Phi) is 3.49. The third kappa shape index (κ3) is 1.98. The highest BCUT2D eigenvalue weighted by molar-refractivity contribution is 6.26. The van der Waals surface area contributed by atoms with E-state index in [4.69, 9.17) is 4.74 Å². The van der Waals surface area contributed by atoms with Crippen LogP contribution >= 0.6 is 0 Å². The van der Waals surface area contributed by atoms with Crippen LogP contribution in [-0.4, -0.2) is 34.7 Å². The molecule has 6 nitrogen and oxygen atoms in total. The maximum Gasteiger partial charge on any atom is 0.240 e. The van der Waals surface area contributed by atoms with Gasteiger partial charge in [-0.25, -0.2) is 4.90 Å². The predicted molar refractivity (Wildman–Crippen MR) is 101 cm³/mol. The zero-order chi connectivity index (χ0) is 19.7. The summed E-state index contributed by atoms with van der Waals surface area (Å²) in [6.45, 7) is 1.82. The lowest BCUT2D eigenvalue weighted by Crippen LogP contribution is -2.42. The van der Waals surface area contributed by atoms with Gasteiger partial charge in [0.25, 0.3) is 0 Å². The molecule has 142 valence electrons. The van der Waals surface area contributed by atoms with Gasteiger partial charge in [-0.15, -0.1) is 0 Å². The number of nitriles is 1. The van der Waals surface area contributed by atoms with Gasteiger partial charge in [0.1, 0.15) is 0 Å². The lowest BCUT2D eigenvalue weighted by molar-refractivity contribution is -0.131. The highest BCUT2D eigenvalue weighted by Crippen LogP contribution is 2.62. The van der Waals surface area contributed by atoms with Crippen molar-refractivity contribution in [1.29, 1.82) is 5.26 Å². The number of aliphatic hydroxyl groups excluding tert-OH is 1. The minimum atomic E-state index is -0.766. The van der Waals surface area contributed by atoms with Crippen molar-refractivity contribution in [3.63, 3.8) is 0 Å². The van der Waals surface area contributed by atoms with Crippen LogP contribution in [0.25, 0.3) is 10.8 Å². The summed E-state index contributed by atoms with van der Waals surface area (Å²) in [5, 5.41) is 20.4. The molecule has 1 N–H and O–H groups in total. The number of rotatable bonds is 3. The molecule has 28 heavy (non-hydrogen) atoms. The zero-order valence-electron chi connectivity index (χ0n) is 15.5. The largest absolute Gasteiger partial charge is 0.396 e. The summed E-state index contributed by atoms with van der Waals surface area (Å²) in [4.78, 5) is 28.2. The molecule has 3 aliphatic heterocycles. The van der Waals surface area contributed by atoms with Crippen LogP contribution in [0.1, 0.15) is 31.7 Å². The second-order valence-electron chi connectivity index (χ2n) is 8.21. The average Bonchev–Trinajstić information content (AvgIpc) is 3.26. The van der Waals surface area contributed by atoms with Crippen LogP contribution < -0.4 is 4.90 Å². The van der Waals surface area contributed by atoms with Crippen molar-refractivity contribution in [2.24, 2.45) is 11.8 Å². The number of nitrogens with zero attached hydrogens (tertiary/aromatic N) is 2. The number of benzene rings is 2. The molecule has 6 heteroatoms. The number of fused-ring (bicyclic) bond motifs is 6. The Balaban J connectivity index is 1.67. The van der Waals surface area contributed by atoms with Crippen LogP contribution in [0.15, 0.2) is 36.4 Å². The molecule has 3 aliphatic rings. The van der Waals surface area contributed by atoms with Gasteiger partial charge in [0, 0.05) is 23.8 Å². The van der Waals surface area contributed by atoms with Crippen LogP contribution in [-0.2, 0) is 14.3 Å². The number of amides is 2. The summed E-state index contributed by atoms with van der Waals surface area (Å²) in [5.41, 5.74) is -0.422. The third-order valence-electron chi connectivity index (χ3n) is 6.81. The van der Waals surface area contributed by atoms with Crippen molar-refractivity contribution in [1.82, 2.24) is 0 Å². The molecular formula is C22H20N2O4. The van der Waals surface area contributed by atoms with E-state index >= 15 is 0 Å². The van der Waals surface area contributed by atoms with E-state index in [1.807, 2.05) is 31.2 Å². The molecule has 2 bridgehead atoms. The van der Waals surface area contributed by atoms with Gasteiger partial charge in [0.15, 0.2) is 0 Å². The molecule has 0 aromatic heterocycles. The van der Waals surface area contributed by atoms with Crippen LogP contribution in [0.5, 0.6) is 0 Å². The van der Waals surface area contributed by atoms with Crippen LogP contribution in [0.3, 0.4) is 0 Å². The topological polar surface area (TPSA) is 90.6 Å². The smallest absolute Gasteiger partial charge is 0.240 e. The molecule has 0 aliphatic carbocycles. The van der Waals surface area contributed by atoms with Crippen molar-refractivity contribution >= 4 is 28.3 Å². The van der Waals surface area contributed by atoms with Crippen molar-refractivity contribution < 1.29 is 19.4 Å². The van der Waals surface area contributed by atoms with E-state index in [9.17, 15) is 20.0 Å². The number of imide groups is 1. The molecule has 5 rings (SSSR count). The minimum absolute atomic E-state index is 0.0828.